The standard InChI is InChI=1S/C16H24F2N2O3/c1-15(2,13(17)18)14-19-12(20-23-14)9-11-3-4-16(10-22-11)5-7-21-8-6-16/h11,13H,3-10H2,1-2H3/t11-/m1/s1. The summed E-state index contributed by atoms with van der Waals surface area (Å²) >= 11 is 0. The van der Waals surface area contributed by atoms with Crippen molar-refractivity contribution in [2.75, 3.05) is 19.8 Å². The molecule has 1 aromatic rings. The molecule has 1 aromatic heterocycles. The van der Waals surface area contributed by atoms with E-state index in [-0.39, 0.29) is 17.4 Å². The second-order valence-electron chi connectivity index (χ2n) is 7.33. The summed E-state index contributed by atoms with van der Waals surface area (Å²) in [5.74, 6) is 0.431. The van der Waals surface area contributed by atoms with Crippen LogP contribution in [0.1, 0.15) is 51.2 Å². The predicted molar refractivity (Wildman–Crippen MR) is 78.5 cm³/mol. The number of halogens is 2. The van der Waals surface area contributed by atoms with Gasteiger partial charge in [-0.25, -0.2) is 8.78 Å². The molecule has 5 nitrogen and oxygen atoms in total. The highest BCUT2D eigenvalue weighted by Crippen LogP contribution is 2.40. The van der Waals surface area contributed by atoms with Crippen molar-refractivity contribution in [1.82, 2.24) is 10.1 Å². The van der Waals surface area contributed by atoms with Crippen LogP contribution in [0.15, 0.2) is 4.52 Å². The van der Waals surface area contributed by atoms with E-state index < -0.39 is 11.8 Å². The van der Waals surface area contributed by atoms with Crippen LogP contribution in [0.25, 0.3) is 0 Å². The van der Waals surface area contributed by atoms with E-state index in [4.69, 9.17) is 14.0 Å². The highest BCUT2D eigenvalue weighted by Gasteiger charge is 2.39. The summed E-state index contributed by atoms with van der Waals surface area (Å²) in [6.07, 6.45) is 2.13. The summed E-state index contributed by atoms with van der Waals surface area (Å²) in [6.45, 7) is 5.16. The minimum absolute atomic E-state index is 0.0146. The minimum Gasteiger partial charge on any atom is -0.381 e. The second kappa shape index (κ2) is 6.43. The maximum Gasteiger partial charge on any atom is 0.252 e. The quantitative estimate of drug-likeness (QED) is 0.849. The molecule has 2 aliphatic heterocycles. The normalized spacial score (nSPS) is 25.2. The van der Waals surface area contributed by atoms with Crippen LogP contribution in [-0.2, 0) is 21.3 Å². The van der Waals surface area contributed by atoms with Crippen LogP contribution in [0.4, 0.5) is 8.78 Å². The average Bonchev–Trinajstić information content (AvgIpc) is 3.00. The lowest BCUT2D eigenvalue weighted by Crippen LogP contribution is -2.41. The first-order chi connectivity index (χ1) is 10.9. The zero-order valence-corrected chi connectivity index (χ0v) is 13.7. The maximum atomic E-state index is 13.0. The Labute approximate surface area is 134 Å². The van der Waals surface area contributed by atoms with Gasteiger partial charge in [-0.3, -0.25) is 0 Å². The molecule has 0 N–H and O–H groups in total. The summed E-state index contributed by atoms with van der Waals surface area (Å²) in [5, 5.41) is 3.84. The van der Waals surface area contributed by atoms with Crippen LogP contribution in [0.3, 0.4) is 0 Å². The number of ether oxygens (including phenoxy) is 2. The zero-order valence-electron chi connectivity index (χ0n) is 13.7. The predicted octanol–water partition coefficient (Wildman–Crippen LogP) is 3.13. The largest absolute Gasteiger partial charge is 0.381 e. The van der Waals surface area contributed by atoms with Crippen molar-refractivity contribution in [2.24, 2.45) is 5.41 Å². The van der Waals surface area contributed by atoms with Gasteiger partial charge < -0.3 is 14.0 Å². The average molecular weight is 330 g/mol. The Balaban J connectivity index is 1.56. The van der Waals surface area contributed by atoms with Gasteiger partial charge in [-0.05, 0) is 44.9 Å². The highest BCUT2D eigenvalue weighted by atomic mass is 19.3. The van der Waals surface area contributed by atoms with E-state index in [1.165, 1.54) is 13.8 Å². The molecule has 0 amide bonds. The Bertz CT molecular complexity index is 517. The summed E-state index contributed by atoms with van der Waals surface area (Å²) in [6, 6.07) is 0. The third-order valence-electron chi connectivity index (χ3n) is 5.15. The SMILES string of the molecule is CC(C)(c1nc(C[C@H]2CCC3(CCOCC3)CO2)no1)C(F)F. The minimum atomic E-state index is -2.55. The molecule has 2 fully saturated rings. The molecule has 7 heteroatoms. The lowest BCUT2D eigenvalue weighted by molar-refractivity contribution is -0.105. The molecule has 0 aromatic carbocycles. The number of aromatic nitrogens is 2. The van der Waals surface area contributed by atoms with Crippen molar-refractivity contribution >= 4 is 0 Å². The molecule has 0 aliphatic carbocycles. The highest BCUT2D eigenvalue weighted by molar-refractivity contribution is 5.03. The topological polar surface area (TPSA) is 57.4 Å². The van der Waals surface area contributed by atoms with Crippen LogP contribution < -0.4 is 0 Å². The molecule has 3 rings (SSSR count). The van der Waals surface area contributed by atoms with E-state index in [2.05, 4.69) is 10.1 Å². The number of hydrogen-bond donors (Lipinski definition) is 0. The molecule has 2 aliphatic rings. The second-order valence-corrected chi connectivity index (χ2v) is 7.33. The summed E-state index contributed by atoms with van der Waals surface area (Å²) < 4.78 is 42.5. The van der Waals surface area contributed by atoms with Crippen LogP contribution in [0, 0.1) is 5.41 Å². The molecule has 0 unspecified atom stereocenters. The van der Waals surface area contributed by atoms with Gasteiger partial charge >= 0.3 is 0 Å². The van der Waals surface area contributed by atoms with Crippen molar-refractivity contribution in [3.05, 3.63) is 11.7 Å². The van der Waals surface area contributed by atoms with E-state index in [0.717, 1.165) is 45.5 Å². The van der Waals surface area contributed by atoms with Crippen LogP contribution in [0.2, 0.25) is 0 Å². The first-order valence-electron chi connectivity index (χ1n) is 8.22. The molecule has 0 saturated carbocycles. The van der Waals surface area contributed by atoms with E-state index in [9.17, 15) is 8.78 Å². The Hall–Kier alpha value is -1.08. The van der Waals surface area contributed by atoms with Gasteiger partial charge in [-0.15, -0.1) is 0 Å². The molecule has 1 spiro atoms. The molecule has 1 atom stereocenters. The molecular weight excluding hydrogens is 306 g/mol. The van der Waals surface area contributed by atoms with E-state index in [0.29, 0.717) is 12.2 Å². The smallest absolute Gasteiger partial charge is 0.252 e. The Morgan fingerprint density at radius 3 is 2.61 bits per heavy atom. The van der Waals surface area contributed by atoms with Gasteiger partial charge in [0.25, 0.3) is 6.43 Å². The zero-order chi connectivity index (χ0) is 16.5. The van der Waals surface area contributed by atoms with Gasteiger partial charge in [0.15, 0.2) is 5.82 Å². The number of hydrogen-bond acceptors (Lipinski definition) is 5. The summed E-state index contributed by atoms with van der Waals surface area (Å²) in [5.41, 5.74) is -1.17. The molecule has 0 bridgehead atoms. The molecule has 2 saturated heterocycles. The third-order valence-corrected chi connectivity index (χ3v) is 5.15. The lowest BCUT2D eigenvalue weighted by Gasteiger charge is -2.42. The molecule has 23 heavy (non-hydrogen) atoms. The first-order valence-corrected chi connectivity index (χ1v) is 8.22. The molecule has 3 heterocycles. The van der Waals surface area contributed by atoms with Crippen LogP contribution >= 0.6 is 0 Å². The Morgan fingerprint density at radius 2 is 2.00 bits per heavy atom. The van der Waals surface area contributed by atoms with Gasteiger partial charge in [0.05, 0.1) is 12.7 Å². The van der Waals surface area contributed by atoms with Gasteiger partial charge in [-0.2, -0.15) is 4.98 Å². The lowest BCUT2D eigenvalue weighted by atomic mass is 9.75. The van der Waals surface area contributed by atoms with Gasteiger partial charge in [-0.1, -0.05) is 5.16 Å². The van der Waals surface area contributed by atoms with Crippen molar-refractivity contribution in [3.8, 4) is 0 Å². The van der Waals surface area contributed by atoms with Crippen molar-refractivity contribution < 1.29 is 22.8 Å². The van der Waals surface area contributed by atoms with Gasteiger partial charge in [0.1, 0.15) is 5.41 Å². The van der Waals surface area contributed by atoms with E-state index in [1.807, 2.05) is 0 Å². The monoisotopic (exact) mass is 330 g/mol. The van der Waals surface area contributed by atoms with Crippen molar-refractivity contribution in [2.45, 2.75) is 63.9 Å². The Kier molecular flexibility index (Phi) is 4.69. The fraction of sp³-hybridized carbons (Fsp3) is 0.875. The number of rotatable bonds is 4. The first kappa shape index (κ1) is 16.8. The summed E-state index contributed by atoms with van der Waals surface area (Å²) in [4.78, 5) is 4.14. The fourth-order valence-corrected chi connectivity index (χ4v) is 3.17. The third kappa shape index (κ3) is 3.55. The molecule has 0 radical (unpaired) electrons. The van der Waals surface area contributed by atoms with Gasteiger partial charge in [0, 0.05) is 19.6 Å². The Morgan fingerprint density at radius 1 is 1.26 bits per heavy atom. The molecular formula is C16H24F2N2O3. The van der Waals surface area contributed by atoms with Gasteiger partial charge in [0.2, 0.25) is 5.89 Å². The van der Waals surface area contributed by atoms with Crippen LogP contribution in [0.5, 0.6) is 0 Å². The van der Waals surface area contributed by atoms with E-state index >= 15 is 0 Å². The number of alkyl halides is 2. The summed E-state index contributed by atoms with van der Waals surface area (Å²) in [7, 11) is 0. The molecule has 130 valence electrons. The van der Waals surface area contributed by atoms with Crippen molar-refractivity contribution in [3.63, 3.8) is 0 Å². The van der Waals surface area contributed by atoms with Crippen molar-refractivity contribution in [1.29, 1.82) is 0 Å². The van der Waals surface area contributed by atoms with E-state index in [1.54, 1.807) is 0 Å². The fourth-order valence-electron chi connectivity index (χ4n) is 3.17. The maximum absolute atomic E-state index is 13.0. The van der Waals surface area contributed by atoms with Crippen LogP contribution in [-0.4, -0.2) is 42.5 Å². The number of nitrogens with zero attached hydrogens (tertiary/aromatic N) is 2.